The Balaban J connectivity index is 1.89. The summed E-state index contributed by atoms with van der Waals surface area (Å²) in [4.78, 5) is 2.14. The Morgan fingerprint density at radius 3 is 1.85 bits per heavy atom. The third-order valence-corrected chi connectivity index (χ3v) is 7.48. The summed E-state index contributed by atoms with van der Waals surface area (Å²) < 4.78 is 123. The van der Waals surface area contributed by atoms with Crippen LogP contribution >= 0.6 is 0 Å². The van der Waals surface area contributed by atoms with Crippen LogP contribution in [0.3, 0.4) is 0 Å². The normalized spacial score (nSPS) is 14.0. The number of halogens is 9. The van der Waals surface area contributed by atoms with Gasteiger partial charge in [0, 0.05) is 13.1 Å². The molecule has 1 atom stereocenters. The van der Waals surface area contributed by atoms with Gasteiger partial charge in [-0.25, -0.2) is 0 Å². The number of benzene rings is 3. The summed E-state index contributed by atoms with van der Waals surface area (Å²) in [6.45, 7) is 4.12. The van der Waals surface area contributed by atoms with Crippen LogP contribution in [0.25, 0.3) is 11.1 Å². The van der Waals surface area contributed by atoms with Crippen LogP contribution < -0.4 is 4.90 Å². The van der Waals surface area contributed by atoms with E-state index in [1.54, 1.807) is 32.0 Å². The van der Waals surface area contributed by atoms with E-state index < -0.39 is 59.5 Å². The van der Waals surface area contributed by atoms with Crippen molar-refractivity contribution in [3.8, 4) is 11.1 Å². The fourth-order valence-corrected chi connectivity index (χ4v) is 5.18. The molecule has 0 amide bonds. The van der Waals surface area contributed by atoms with Crippen LogP contribution in [0.2, 0.25) is 0 Å². The van der Waals surface area contributed by atoms with Crippen molar-refractivity contribution < 1.29 is 44.6 Å². The molecule has 1 N–H and O–H groups in total. The predicted octanol–water partition coefficient (Wildman–Crippen LogP) is 8.46. The van der Waals surface area contributed by atoms with Crippen LogP contribution in [-0.4, -0.2) is 25.3 Å². The number of hydrogen-bond donors (Lipinski definition) is 1. The van der Waals surface area contributed by atoms with E-state index in [0.717, 1.165) is 21.8 Å². The summed E-state index contributed by atoms with van der Waals surface area (Å²) in [5.41, 5.74) is -3.84. The number of aryl methyl sites for hydroxylation is 2. The Morgan fingerprint density at radius 1 is 0.739 bits per heavy atom. The molecular formula is C31H30F9N5O. The van der Waals surface area contributed by atoms with Crippen LogP contribution in [0.15, 0.2) is 54.6 Å². The lowest BCUT2D eigenvalue weighted by Gasteiger charge is -2.26. The maximum Gasteiger partial charge on any atom is 0.416 e. The third-order valence-electron chi connectivity index (χ3n) is 7.48. The molecule has 0 saturated heterocycles. The third kappa shape index (κ3) is 7.98. The Kier molecular flexibility index (Phi) is 9.49. The van der Waals surface area contributed by atoms with Crippen LogP contribution in [0, 0.1) is 6.92 Å². The second-order valence-electron chi connectivity index (χ2n) is 11.3. The number of tetrazole rings is 1. The van der Waals surface area contributed by atoms with E-state index in [9.17, 15) is 44.6 Å². The summed E-state index contributed by atoms with van der Waals surface area (Å²) in [6.07, 6.45) is -13.9. The average molecular weight is 660 g/mol. The van der Waals surface area contributed by atoms with E-state index in [4.69, 9.17) is 0 Å². The van der Waals surface area contributed by atoms with Gasteiger partial charge in [0.05, 0.1) is 29.3 Å². The first-order chi connectivity index (χ1) is 21.2. The average Bonchev–Trinajstić information content (AvgIpc) is 3.37. The Morgan fingerprint density at radius 2 is 1.33 bits per heavy atom. The van der Waals surface area contributed by atoms with Crippen LogP contribution in [0.5, 0.6) is 0 Å². The minimum Gasteiger partial charge on any atom is -0.385 e. The molecule has 1 aromatic heterocycles. The topological polar surface area (TPSA) is 67.1 Å². The molecule has 0 aliphatic heterocycles. The van der Waals surface area contributed by atoms with Gasteiger partial charge >= 0.3 is 18.5 Å². The summed E-state index contributed by atoms with van der Waals surface area (Å²) in [5, 5.41) is 22.6. The van der Waals surface area contributed by atoms with E-state index in [-0.39, 0.29) is 17.6 Å². The van der Waals surface area contributed by atoms with E-state index in [0.29, 0.717) is 47.2 Å². The Hall–Kier alpha value is -4.14. The molecule has 4 aromatic rings. The van der Waals surface area contributed by atoms with E-state index >= 15 is 0 Å². The largest absolute Gasteiger partial charge is 0.416 e. The first-order valence-corrected chi connectivity index (χ1v) is 14.0. The highest BCUT2D eigenvalue weighted by atomic mass is 19.4. The summed E-state index contributed by atoms with van der Waals surface area (Å²) >= 11 is 0. The van der Waals surface area contributed by atoms with Crippen molar-refractivity contribution in [1.29, 1.82) is 0 Å². The summed E-state index contributed by atoms with van der Waals surface area (Å²) in [5.74, 6) is -0.242. The number of aromatic nitrogens is 4. The molecule has 0 aliphatic carbocycles. The fraction of sp³-hybridized carbons (Fsp3) is 0.387. The second kappa shape index (κ2) is 12.6. The molecule has 0 aliphatic rings. The van der Waals surface area contributed by atoms with Gasteiger partial charge in [0.25, 0.3) is 5.95 Å². The van der Waals surface area contributed by atoms with Crippen LogP contribution in [0.4, 0.5) is 45.5 Å². The van der Waals surface area contributed by atoms with Crippen molar-refractivity contribution in [2.24, 2.45) is 7.05 Å². The Bertz CT molecular complexity index is 1660. The van der Waals surface area contributed by atoms with E-state index in [1.807, 2.05) is 6.92 Å². The molecule has 46 heavy (non-hydrogen) atoms. The zero-order valence-electron chi connectivity index (χ0n) is 25.1. The van der Waals surface area contributed by atoms with Crippen molar-refractivity contribution in [2.45, 2.75) is 70.8 Å². The summed E-state index contributed by atoms with van der Waals surface area (Å²) in [6, 6.07) is 9.12. The maximum absolute atomic E-state index is 13.9. The molecule has 0 radical (unpaired) electrons. The van der Waals surface area contributed by atoms with Gasteiger partial charge < -0.3 is 10.0 Å². The molecule has 0 saturated carbocycles. The van der Waals surface area contributed by atoms with Crippen molar-refractivity contribution in [3.63, 3.8) is 0 Å². The lowest BCUT2D eigenvalue weighted by Crippen LogP contribution is -2.25. The van der Waals surface area contributed by atoms with Crippen molar-refractivity contribution in [2.75, 3.05) is 4.90 Å². The molecule has 3 aromatic carbocycles. The van der Waals surface area contributed by atoms with Crippen LogP contribution in [0.1, 0.15) is 65.6 Å². The highest BCUT2D eigenvalue weighted by molar-refractivity contribution is 5.72. The highest BCUT2D eigenvalue weighted by Crippen LogP contribution is 2.39. The van der Waals surface area contributed by atoms with Gasteiger partial charge in [0.2, 0.25) is 0 Å². The highest BCUT2D eigenvalue weighted by Gasteiger charge is 2.37. The van der Waals surface area contributed by atoms with Gasteiger partial charge in [-0.3, -0.25) is 0 Å². The molecule has 0 fully saturated rings. The minimum atomic E-state index is -5.11. The van der Waals surface area contributed by atoms with Gasteiger partial charge in [-0.15, -0.1) is 5.10 Å². The molecular weight excluding hydrogens is 629 g/mol. The number of alkyl halides is 9. The molecule has 0 unspecified atom stereocenters. The second-order valence-corrected chi connectivity index (χ2v) is 11.3. The lowest BCUT2D eigenvalue weighted by atomic mass is 9.86. The maximum atomic E-state index is 13.9. The van der Waals surface area contributed by atoms with Gasteiger partial charge in [-0.1, -0.05) is 36.6 Å². The first-order valence-electron chi connectivity index (χ1n) is 14.0. The number of rotatable bonds is 9. The van der Waals surface area contributed by atoms with Gasteiger partial charge in [0.15, 0.2) is 0 Å². The number of nitrogens with zero attached hydrogens (tertiary/aromatic N) is 5. The molecule has 0 bridgehead atoms. The van der Waals surface area contributed by atoms with Crippen LogP contribution in [-0.2, 0) is 44.3 Å². The SMILES string of the molecule is CCC[C@@](C)(O)c1ccc(C)c(-c2ccc(C(F)(F)F)cc2CN(Cc2cc(C(F)(F)F)cc(C(F)(F)F)c2)c2nnn(C)n2)c1. The quantitative estimate of drug-likeness (QED) is 0.183. The van der Waals surface area contributed by atoms with Gasteiger partial charge in [-0.2, -0.15) is 44.3 Å². The minimum absolute atomic E-state index is 0.0114. The zero-order valence-corrected chi connectivity index (χ0v) is 25.1. The number of hydrogen-bond acceptors (Lipinski definition) is 5. The summed E-state index contributed by atoms with van der Waals surface area (Å²) in [7, 11) is 1.37. The van der Waals surface area contributed by atoms with Gasteiger partial charge in [-0.05, 0) is 95.3 Å². The molecule has 4 rings (SSSR count). The molecule has 1 heterocycles. The van der Waals surface area contributed by atoms with E-state index in [1.165, 1.54) is 13.1 Å². The molecule has 0 spiro atoms. The smallest absolute Gasteiger partial charge is 0.385 e. The lowest BCUT2D eigenvalue weighted by molar-refractivity contribution is -0.143. The molecule has 6 nitrogen and oxygen atoms in total. The first kappa shape index (κ1) is 34.7. The number of anilines is 1. The molecule has 248 valence electrons. The monoisotopic (exact) mass is 659 g/mol. The van der Waals surface area contributed by atoms with Crippen molar-refractivity contribution in [1.82, 2.24) is 20.2 Å². The zero-order chi connectivity index (χ0) is 34.2. The fourth-order valence-electron chi connectivity index (χ4n) is 5.18. The Labute approximate surface area is 258 Å². The van der Waals surface area contributed by atoms with Gasteiger partial charge in [0.1, 0.15) is 0 Å². The standard InChI is InChI=1S/C31H30F9N5O/c1-5-10-28(3,46)21-7-6-18(2)26(15-21)25-9-8-22(29(32,33)34)13-20(25)17-45(27-41-43-44(4)42-27)16-19-11-23(30(35,36)37)14-24(12-19)31(38,39)40/h6-9,11-15,46H,5,10,16-17H2,1-4H3/t28-/m1/s1. The number of aliphatic hydroxyl groups is 1. The van der Waals surface area contributed by atoms with Crippen molar-refractivity contribution in [3.05, 3.63) is 93.5 Å². The molecule has 15 heteroatoms. The van der Waals surface area contributed by atoms with E-state index in [2.05, 4.69) is 15.4 Å². The van der Waals surface area contributed by atoms with Crippen molar-refractivity contribution >= 4 is 5.95 Å². The predicted molar refractivity (Wildman–Crippen MR) is 151 cm³/mol.